The molecule has 0 aliphatic carbocycles. The fourth-order valence-electron chi connectivity index (χ4n) is 3.97. The van der Waals surface area contributed by atoms with E-state index in [1.54, 1.807) is 49.6 Å². The maximum absolute atomic E-state index is 14.8. The SMILES string of the molecule is CCOCc1ccc(-c2ccc(CCc3ccc(-c4ccc(OC)cc4)c(F)c3F)cc2)cc1F. The smallest absolute Gasteiger partial charge is 0.166 e. The van der Waals surface area contributed by atoms with E-state index in [0.717, 1.165) is 16.7 Å². The molecule has 4 rings (SSSR count). The summed E-state index contributed by atoms with van der Waals surface area (Å²) >= 11 is 0. The number of halogens is 3. The summed E-state index contributed by atoms with van der Waals surface area (Å²) in [5.74, 6) is -1.31. The molecule has 0 bridgehead atoms. The van der Waals surface area contributed by atoms with Gasteiger partial charge in [0, 0.05) is 17.7 Å². The van der Waals surface area contributed by atoms with Gasteiger partial charge in [-0.05, 0) is 65.8 Å². The highest BCUT2D eigenvalue weighted by atomic mass is 19.2. The first-order valence-electron chi connectivity index (χ1n) is 11.6. The average Bonchev–Trinajstić information content (AvgIpc) is 2.89. The van der Waals surface area contributed by atoms with Crippen LogP contribution >= 0.6 is 0 Å². The van der Waals surface area contributed by atoms with Crippen LogP contribution in [0.3, 0.4) is 0 Å². The molecule has 0 aliphatic heterocycles. The quantitative estimate of drug-likeness (QED) is 0.246. The van der Waals surface area contributed by atoms with Gasteiger partial charge in [0.15, 0.2) is 11.6 Å². The molecule has 4 aromatic carbocycles. The molecule has 5 heteroatoms. The molecule has 0 aromatic heterocycles. The van der Waals surface area contributed by atoms with Gasteiger partial charge in [0.25, 0.3) is 0 Å². The minimum atomic E-state index is -0.849. The van der Waals surface area contributed by atoms with Crippen LogP contribution in [0.4, 0.5) is 13.2 Å². The standard InChI is InChI=1S/C30H27F3O2/c1-3-35-19-25-11-10-24(18-28(25)31)21-7-4-20(5-8-21)6-9-23-14-17-27(30(33)29(23)32)22-12-15-26(34-2)16-13-22/h4-5,7-8,10-18H,3,6,9,19H2,1-2H3. The summed E-state index contributed by atoms with van der Waals surface area (Å²) in [5, 5.41) is 0. The van der Waals surface area contributed by atoms with Gasteiger partial charge in [0.1, 0.15) is 11.6 Å². The van der Waals surface area contributed by atoms with Gasteiger partial charge in [0.05, 0.1) is 13.7 Å². The Balaban J connectivity index is 1.43. The minimum absolute atomic E-state index is 0.220. The maximum Gasteiger partial charge on any atom is 0.166 e. The third-order valence-electron chi connectivity index (χ3n) is 6.05. The number of aryl methyl sites for hydroxylation is 2. The molecule has 0 fully saturated rings. The molecule has 0 spiro atoms. The highest BCUT2D eigenvalue weighted by molar-refractivity contribution is 5.66. The van der Waals surface area contributed by atoms with E-state index in [4.69, 9.17) is 9.47 Å². The van der Waals surface area contributed by atoms with Gasteiger partial charge in [-0.1, -0.05) is 60.7 Å². The van der Waals surface area contributed by atoms with E-state index in [1.165, 1.54) is 6.07 Å². The predicted octanol–water partition coefficient (Wildman–Crippen LogP) is 7.77. The molecular formula is C30H27F3O2. The fourth-order valence-corrected chi connectivity index (χ4v) is 3.97. The fraction of sp³-hybridized carbons (Fsp3) is 0.200. The van der Waals surface area contributed by atoms with Crippen molar-refractivity contribution in [1.29, 1.82) is 0 Å². The number of hydrogen-bond acceptors (Lipinski definition) is 2. The van der Waals surface area contributed by atoms with Gasteiger partial charge in [-0.25, -0.2) is 13.2 Å². The molecule has 0 N–H and O–H groups in total. The molecule has 0 saturated heterocycles. The molecule has 0 amide bonds. The molecule has 0 unspecified atom stereocenters. The summed E-state index contributed by atoms with van der Waals surface area (Å²) in [6.07, 6.45) is 0.923. The Hall–Kier alpha value is -3.57. The molecule has 0 heterocycles. The lowest BCUT2D eigenvalue weighted by atomic mass is 9.97. The lowest BCUT2D eigenvalue weighted by Gasteiger charge is -2.10. The summed E-state index contributed by atoms with van der Waals surface area (Å²) < 4.78 is 54.3. The maximum atomic E-state index is 14.8. The monoisotopic (exact) mass is 476 g/mol. The summed E-state index contributed by atoms with van der Waals surface area (Å²) in [7, 11) is 1.55. The first kappa shape index (κ1) is 24.6. The topological polar surface area (TPSA) is 18.5 Å². The van der Waals surface area contributed by atoms with Crippen molar-refractivity contribution < 1.29 is 22.6 Å². The minimum Gasteiger partial charge on any atom is -0.497 e. The lowest BCUT2D eigenvalue weighted by Crippen LogP contribution is -2.00. The van der Waals surface area contributed by atoms with E-state index in [1.807, 2.05) is 37.3 Å². The van der Waals surface area contributed by atoms with Crippen molar-refractivity contribution in [3.05, 3.63) is 113 Å². The van der Waals surface area contributed by atoms with Crippen LogP contribution in [0.25, 0.3) is 22.3 Å². The number of methoxy groups -OCH3 is 1. The van der Waals surface area contributed by atoms with Crippen molar-refractivity contribution in [2.75, 3.05) is 13.7 Å². The Morgan fingerprint density at radius 2 is 1.31 bits per heavy atom. The second-order valence-corrected chi connectivity index (χ2v) is 8.27. The number of rotatable bonds is 9. The van der Waals surface area contributed by atoms with Crippen molar-refractivity contribution in [2.24, 2.45) is 0 Å². The van der Waals surface area contributed by atoms with Crippen molar-refractivity contribution in [1.82, 2.24) is 0 Å². The number of ether oxygens (including phenoxy) is 2. The van der Waals surface area contributed by atoms with Crippen LogP contribution in [0, 0.1) is 17.5 Å². The molecular weight excluding hydrogens is 449 g/mol. The summed E-state index contributed by atoms with van der Waals surface area (Å²) in [6.45, 7) is 2.65. The van der Waals surface area contributed by atoms with Gasteiger partial charge in [0.2, 0.25) is 0 Å². The van der Waals surface area contributed by atoms with E-state index in [0.29, 0.717) is 41.9 Å². The highest BCUT2D eigenvalue weighted by Crippen LogP contribution is 2.29. The zero-order valence-corrected chi connectivity index (χ0v) is 19.8. The van der Waals surface area contributed by atoms with Crippen LogP contribution in [0.1, 0.15) is 23.6 Å². The Morgan fingerprint density at radius 1 is 0.657 bits per heavy atom. The summed E-state index contributed by atoms with van der Waals surface area (Å²) in [6, 6.07) is 22.9. The first-order valence-corrected chi connectivity index (χ1v) is 11.6. The molecule has 4 aromatic rings. The third-order valence-corrected chi connectivity index (χ3v) is 6.05. The molecule has 0 atom stereocenters. The van der Waals surface area contributed by atoms with Crippen LogP contribution < -0.4 is 4.74 Å². The van der Waals surface area contributed by atoms with Crippen molar-refractivity contribution in [2.45, 2.75) is 26.4 Å². The molecule has 0 radical (unpaired) electrons. The van der Waals surface area contributed by atoms with Gasteiger partial charge >= 0.3 is 0 Å². The van der Waals surface area contributed by atoms with Crippen molar-refractivity contribution >= 4 is 0 Å². The van der Waals surface area contributed by atoms with Crippen molar-refractivity contribution in [3.8, 4) is 28.0 Å². The lowest BCUT2D eigenvalue weighted by molar-refractivity contribution is 0.131. The largest absolute Gasteiger partial charge is 0.497 e. The predicted molar refractivity (Wildman–Crippen MR) is 133 cm³/mol. The second-order valence-electron chi connectivity index (χ2n) is 8.27. The first-order chi connectivity index (χ1) is 17.0. The Bertz CT molecular complexity index is 1280. The molecule has 0 saturated carbocycles. The van der Waals surface area contributed by atoms with Crippen LogP contribution in [-0.4, -0.2) is 13.7 Å². The van der Waals surface area contributed by atoms with Gasteiger partial charge in [-0.3, -0.25) is 0 Å². The van der Waals surface area contributed by atoms with E-state index in [9.17, 15) is 13.2 Å². The zero-order valence-electron chi connectivity index (χ0n) is 19.8. The van der Waals surface area contributed by atoms with Gasteiger partial charge in [-0.15, -0.1) is 0 Å². The Labute approximate surface area is 204 Å². The summed E-state index contributed by atoms with van der Waals surface area (Å²) in [4.78, 5) is 0. The third kappa shape index (κ3) is 5.75. The van der Waals surface area contributed by atoms with Gasteiger partial charge in [-0.2, -0.15) is 0 Å². The average molecular weight is 477 g/mol. The van der Waals surface area contributed by atoms with Crippen molar-refractivity contribution in [3.63, 3.8) is 0 Å². The molecule has 35 heavy (non-hydrogen) atoms. The van der Waals surface area contributed by atoms with Crippen LogP contribution in [-0.2, 0) is 24.2 Å². The van der Waals surface area contributed by atoms with E-state index >= 15 is 0 Å². The van der Waals surface area contributed by atoms with Crippen LogP contribution in [0.15, 0.2) is 78.9 Å². The normalized spacial score (nSPS) is 11.0. The Morgan fingerprint density at radius 3 is 1.97 bits per heavy atom. The highest BCUT2D eigenvalue weighted by Gasteiger charge is 2.15. The van der Waals surface area contributed by atoms with Crippen LogP contribution in [0.5, 0.6) is 5.75 Å². The van der Waals surface area contributed by atoms with E-state index in [2.05, 4.69) is 0 Å². The summed E-state index contributed by atoms with van der Waals surface area (Å²) in [5.41, 5.74) is 4.31. The number of hydrogen-bond donors (Lipinski definition) is 0. The van der Waals surface area contributed by atoms with Gasteiger partial charge < -0.3 is 9.47 Å². The molecule has 2 nitrogen and oxygen atoms in total. The molecule has 0 aliphatic rings. The van der Waals surface area contributed by atoms with Crippen LogP contribution in [0.2, 0.25) is 0 Å². The number of benzene rings is 4. The zero-order chi connectivity index (χ0) is 24.8. The molecule has 180 valence electrons. The Kier molecular flexibility index (Phi) is 7.88. The van der Waals surface area contributed by atoms with E-state index < -0.39 is 11.6 Å². The second kappa shape index (κ2) is 11.2. The van der Waals surface area contributed by atoms with E-state index in [-0.39, 0.29) is 18.0 Å².